The van der Waals surface area contributed by atoms with Crippen LogP contribution in [0.25, 0.3) is 11.3 Å². The lowest BCUT2D eigenvalue weighted by Crippen LogP contribution is -2.44. The third kappa shape index (κ3) is 11.3. The minimum Gasteiger partial charge on any atom is -0.449 e. The summed E-state index contributed by atoms with van der Waals surface area (Å²) in [6, 6.07) is 10.3. The predicted molar refractivity (Wildman–Crippen MR) is 191 cm³/mol. The molecule has 12 heteroatoms. The van der Waals surface area contributed by atoms with E-state index in [9.17, 15) is 9.59 Å². The second-order valence-corrected chi connectivity index (χ2v) is 14.8. The number of alkyl carbamates (subject to hydrolysis) is 1. The number of anilines is 1. The number of nitrogens with one attached hydrogen (secondary N) is 2. The van der Waals surface area contributed by atoms with Crippen molar-refractivity contribution in [2.45, 2.75) is 116 Å². The van der Waals surface area contributed by atoms with E-state index in [0.717, 1.165) is 74.6 Å². The Morgan fingerprint density at radius 3 is 2.45 bits per heavy atom. The second-order valence-electron chi connectivity index (χ2n) is 14.4. The number of ether oxygens (including phenoxy) is 2. The van der Waals surface area contributed by atoms with Gasteiger partial charge in [0.25, 0.3) is 0 Å². The van der Waals surface area contributed by atoms with Gasteiger partial charge in [0.2, 0.25) is 5.95 Å². The highest BCUT2D eigenvalue weighted by Gasteiger charge is 2.31. The normalized spacial score (nSPS) is 17.7. The van der Waals surface area contributed by atoms with Crippen LogP contribution in [0.4, 0.5) is 15.5 Å². The molecule has 2 heterocycles. The van der Waals surface area contributed by atoms with Crippen LogP contribution < -0.4 is 10.6 Å². The van der Waals surface area contributed by atoms with Gasteiger partial charge in [0.1, 0.15) is 5.60 Å². The zero-order valence-corrected chi connectivity index (χ0v) is 30.2. The van der Waals surface area contributed by atoms with Gasteiger partial charge in [-0.2, -0.15) is 5.10 Å². The van der Waals surface area contributed by atoms with Crippen molar-refractivity contribution in [3.05, 3.63) is 59.0 Å². The van der Waals surface area contributed by atoms with Crippen molar-refractivity contribution in [2.24, 2.45) is 13.0 Å². The molecular weight excluding hydrogens is 642 g/mol. The predicted octanol–water partition coefficient (Wildman–Crippen LogP) is 7.93. The van der Waals surface area contributed by atoms with Gasteiger partial charge in [-0.3, -0.25) is 4.68 Å². The first kappa shape index (κ1) is 36.4. The van der Waals surface area contributed by atoms with Gasteiger partial charge >= 0.3 is 12.2 Å². The highest BCUT2D eigenvalue weighted by atomic mass is 35.5. The van der Waals surface area contributed by atoms with Crippen LogP contribution in [0.2, 0.25) is 5.02 Å². The maximum Gasteiger partial charge on any atom is 0.410 e. The fraction of sp³-hybridized carbons (Fsp3) is 0.595. The molecule has 0 atom stereocenters. The van der Waals surface area contributed by atoms with E-state index in [1.807, 2.05) is 73.9 Å². The van der Waals surface area contributed by atoms with Gasteiger partial charge in [-0.25, -0.2) is 19.6 Å². The maximum atomic E-state index is 13.4. The van der Waals surface area contributed by atoms with Crippen molar-refractivity contribution >= 4 is 29.7 Å². The number of benzene rings is 1. The number of aryl methyl sites for hydroxylation is 1. The molecule has 0 aliphatic heterocycles. The number of carbonyl (C=O) groups is 2. The molecule has 11 nitrogen and oxygen atoms in total. The number of hydrogen-bond donors (Lipinski definition) is 2. The van der Waals surface area contributed by atoms with Crippen LogP contribution in [0.1, 0.15) is 96.2 Å². The molecule has 2 aliphatic carbocycles. The van der Waals surface area contributed by atoms with E-state index in [2.05, 4.69) is 20.7 Å². The van der Waals surface area contributed by atoms with Crippen molar-refractivity contribution in [1.29, 1.82) is 0 Å². The SMILES string of the molecule is Cn1ncc(-c2nc(NC3CCC(N(Cc4ccccc4)C(=O)OCCCCCCNC(=O)OC(C)(C)C)CC3)ncc2Cl)c1CC1CC1. The third-order valence-electron chi connectivity index (χ3n) is 9.11. The standard InChI is InChI=1S/C37H52ClN7O4/c1-37(2,3)49-35(46)39-20-10-5-6-11-21-48-36(47)45(25-27-12-8-7-9-13-27)29-18-16-28(17-19-29)42-34-40-24-31(38)33(43-34)30-23-41-44(4)32(30)22-26-14-15-26/h7-9,12-13,23-24,26,28-29H,5-6,10-11,14-22,25H2,1-4H3,(H,39,46)(H,40,42,43). The summed E-state index contributed by atoms with van der Waals surface area (Å²) >= 11 is 6.60. The lowest BCUT2D eigenvalue weighted by molar-refractivity contribution is 0.0525. The van der Waals surface area contributed by atoms with E-state index in [0.29, 0.717) is 42.3 Å². The summed E-state index contributed by atoms with van der Waals surface area (Å²) in [5, 5.41) is 11.3. The van der Waals surface area contributed by atoms with Gasteiger partial charge in [-0.15, -0.1) is 0 Å². The van der Waals surface area contributed by atoms with Gasteiger partial charge in [0.15, 0.2) is 0 Å². The van der Waals surface area contributed by atoms with Crippen LogP contribution in [0, 0.1) is 5.92 Å². The molecule has 0 bridgehead atoms. The van der Waals surface area contributed by atoms with Crippen LogP contribution in [-0.4, -0.2) is 67.7 Å². The fourth-order valence-electron chi connectivity index (χ4n) is 6.29. The molecule has 0 radical (unpaired) electrons. The van der Waals surface area contributed by atoms with Gasteiger partial charge in [-0.1, -0.05) is 48.4 Å². The van der Waals surface area contributed by atoms with Crippen LogP contribution in [0.5, 0.6) is 0 Å². The number of hydrogen-bond acceptors (Lipinski definition) is 8. The van der Waals surface area contributed by atoms with E-state index >= 15 is 0 Å². The van der Waals surface area contributed by atoms with Crippen LogP contribution in [0.3, 0.4) is 0 Å². The van der Waals surface area contributed by atoms with Gasteiger partial charge in [0.05, 0.1) is 29.7 Å². The Morgan fingerprint density at radius 1 is 1.00 bits per heavy atom. The number of amides is 2. The molecule has 2 fully saturated rings. The van der Waals surface area contributed by atoms with Crippen molar-refractivity contribution in [3.63, 3.8) is 0 Å². The lowest BCUT2D eigenvalue weighted by Gasteiger charge is -2.36. The van der Waals surface area contributed by atoms with Crippen molar-refractivity contribution < 1.29 is 19.1 Å². The quantitative estimate of drug-likeness (QED) is 0.154. The van der Waals surface area contributed by atoms with E-state index in [1.54, 1.807) is 6.20 Å². The Morgan fingerprint density at radius 2 is 1.73 bits per heavy atom. The number of carbonyl (C=O) groups excluding carboxylic acids is 2. The molecule has 2 aromatic heterocycles. The Hall–Kier alpha value is -3.86. The average Bonchev–Trinajstić information content (AvgIpc) is 3.82. The molecule has 1 aromatic carbocycles. The van der Waals surface area contributed by atoms with Crippen LogP contribution in [0.15, 0.2) is 42.7 Å². The van der Waals surface area contributed by atoms with E-state index in [-0.39, 0.29) is 18.2 Å². The largest absolute Gasteiger partial charge is 0.449 e. The summed E-state index contributed by atoms with van der Waals surface area (Å²) in [7, 11) is 1.97. The second kappa shape index (κ2) is 17.2. The maximum absolute atomic E-state index is 13.4. The zero-order chi connectivity index (χ0) is 34.8. The molecule has 2 saturated carbocycles. The number of unbranched alkanes of at least 4 members (excludes halogenated alkanes) is 3. The Kier molecular flexibility index (Phi) is 12.8. The van der Waals surface area contributed by atoms with Gasteiger partial charge in [0, 0.05) is 43.5 Å². The minimum absolute atomic E-state index is 0.0757. The smallest absolute Gasteiger partial charge is 0.410 e. The molecule has 2 N–H and O–H groups in total. The first-order valence-electron chi connectivity index (χ1n) is 17.8. The molecule has 3 aromatic rings. The first-order valence-corrected chi connectivity index (χ1v) is 18.2. The van der Waals surface area contributed by atoms with Gasteiger partial charge in [-0.05, 0) is 96.5 Å². The topological polar surface area (TPSA) is 124 Å². The van der Waals surface area contributed by atoms with Crippen molar-refractivity contribution in [1.82, 2.24) is 30.0 Å². The molecular formula is C37H52ClN7O4. The monoisotopic (exact) mass is 693 g/mol. The lowest BCUT2D eigenvalue weighted by atomic mass is 9.90. The highest BCUT2D eigenvalue weighted by Crippen LogP contribution is 2.37. The van der Waals surface area contributed by atoms with Crippen LogP contribution >= 0.6 is 11.6 Å². The molecule has 49 heavy (non-hydrogen) atoms. The Bertz CT molecular complexity index is 1510. The summed E-state index contributed by atoms with van der Waals surface area (Å²) in [5.41, 5.74) is 3.42. The number of nitrogens with zero attached hydrogens (tertiary/aromatic N) is 5. The Balaban J connectivity index is 1.10. The summed E-state index contributed by atoms with van der Waals surface area (Å²) in [6.45, 7) is 6.98. The van der Waals surface area contributed by atoms with E-state index in [1.165, 1.54) is 12.8 Å². The van der Waals surface area contributed by atoms with Gasteiger partial charge < -0.3 is 25.0 Å². The van der Waals surface area contributed by atoms with Crippen molar-refractivity contribution in [3.8, 4) is 11.3 Å². The van der Waals surface area contributed by atoms with Crippen LogP contribution in [-0.2, 0) is 29.5 Å². The zero-order valence-electron chi connectivity index (χ0n) is 29.4. The number of halogens is 1. The van der Waals surface area contributed by atoms with Crippen molar-refractivity contribution in [2.75, 3.05) is 18.5 Å². The molecule has 2 aliphatic rings. The number of rotatable bonds is 15. The highest BCUT2D eigenvalue weighted by molar-refractivity contribution is 6.33. The molecule has 0 unspecified atom stereocenters. The molecule has 266 valence electrons. The summed E-state index contributed by atoms with van der Waals surface area (Å²) in [6.07, 6.45) is 13.3. The molecule has 5 rings (SSSR count). The van der Waals surface area contributed by atoms with E-state index < -0.39 is 11.7 Å². The van der Waals surface area contributed by atoms with E-state index in [4.69, 9.17) is 26.1 Å². The first-order chi connectivity index (χ1) is 23.6. The third-order valence-corrected chi connectivity index (χ3v) is 9.38. The average molecular weight is 694 g/mol. The molecule has 0 spiro atoms. The summed E-state index contributed by atoms with van der Waals surface area (Å²) in [5.74, 6) is 1.28. The molecule has 2 amide bonds. The Labute approximate surface area is 295 Å². The summed E-state index contributed by atoms with van der Waals surface area (Å²) < 4.78 is 13.0. The number of aromatic nitrogens is 4. The summed E-state index contributed by atoms with van der Waals surface area (Å²) in [4.78, 5) is 36.5. The molecule has 0 saturated heterocycles. The fourth-order valence-corrected chi connectivity index (χ4v) is 6.48. The minimum atomic E-state index is -0.504.